The predicted molar refractivity (Wildman–Crippen MR) is 95.2 cm³/mol. The Morgan fingerprint density at radius 2 is 1.76 bits per heavy atom. The van der Waals surface area contributed by atoms with Crippen molar-refractivity contribution in [3.8, 4) is 17.2 Å². The highest BCUT2D eigenvalue weighted by Crippen LogP contribution is 2.38. The van der Waals surface area contributed by atoms with Gasteiger partial charge in [0.2, 0.25) is 11.7 Å². The van der Waals surface area contributed by atoms with Crippen LogP contribution in [0.5, 0.6) is 17.2 Å². The van der Waals surface area contributed by atoms with E-state index in [-0.39, 0.29) is 18.4 Å². The number of likely N-dealkylation sites (N-methyl/N-ethyl adjacent to an activating group) is 1. The summed E-state index contributed by atoms with van der Waals surface area (Å²) in [5, 5.41) is 0. The fraction of sp³-hybridized carbons (Fsp3) is 0.368. The van der Waals surface area contributed by atoms with Crippen LogP contribution in [0.15, 0.2) is 36.5 Å². The number of hydrogen-bond donors (Lipinski definition) is 0. The molecule has 0 aliphatic rings. The Hall–Kier alpha value is -2.76. The van der Waals surface area contributed by atoms with Crippen molar-refractivity contribution < 1.29 is 19.0 Å². The molecular weight excluding hydrogens is 320 g/mol. The number of ether oxygens (including phenoxy) is 3. The first-order valence-electron chi connectivity index (χ1n) is 7.97. The third kappa shape index (κ3) is 4.21. The standard InChI is InChI=1S/C19H24N2O4/c1-13(15-8-6-7-9-20-15)21(2)18(22)12-14-10-16(23-3)19(25-5)17(11-14)24-4/h6-11,13H,12H2,1-5H3. The Bertz CT molecular complexity index is 694. The molecule has 1 aromatic heterocycles. The summed E-state index contributed by atoms with van der Waals surface area (Å²) in [5.41, 5.74) is 1.64. The molecule has 25 heavy (non-hydrogen) atoms. The predicted octanol–water partition coefficient (Wildman–Crippen LogP) is 2.87. The maximum atomic E-state index is 12.7. The smallest absolute Gasteiger partial charge is 0.227 e. The Morgan fingerprint density at radius 1 is 1.12 bits per heavy atom. The Balaban J connectivity index is 2.19. The van der Waals surface area contributed by atoms with Gasteiger partial charge in [-0.1, -0.05) is 6.07 Å². The molecule has 0 saturated carbocycles. The molecule has 1 aromatic carbocycles. The van der Waals surface area contributed by atoms with Crippen molar-refractivity contribution in [2.24, 2.45) is 0 Å². The van der Waals surface area contributed by atoms with Gasteiger partial charge in [-0.3, -0.25) is 9.78 Å². The highest BCUT2D eigenvalue weighted by Gasteiger charge is 2.20. The fourth-order valence-corrected chi connectivity index (χ4v) is 2.57. The van der Waals surface area contributed by atoms with Crippen molar-refractivity contribution in [2.45, 2.75) is 19.4 Å². The van der Waals surface area contributed by atoms with E-state index >= 15 is 0 Å². The van der Waals surface area contributed by atoms with Crippen LogP contribution in [0, 0.1) is 0 Å². The van der Waals surface area contributed by atoms with Gasteiger partial charge >= 0.3 is 0 Å². The van der Waals surface area contributed by atoms with Crippen LogP contribution in [0.25, 0.3) is 0 Å². The van der Waals surface area contributed by atoms with Crippen LogP contribution in [0.1, 0.15) is 24.2 Å². The minimum Gasteiger partial charge on any atom is -0.493 e. The lowest BCUT2D eigenvalue weighted by molar-refractivity contribution is -0.131. The molecule has 0 spiro atoms. The second kappa shape index (κ2) is 8.37. The zero-order valence-electron chi connectivity index (χ0n) is 15.3. The number of nitrogens with zero attached hydrogens (tertiary/aromatic N) is 2. The number of carbonyl (C=O) groups is 1. The third-order valence-corrected chi connectivity index (χ3v) is 4.17. The zero-order valence-corrected chi connectivity index (χ0v) is 15.3. The number of rotatable bonds is 7. The number of pyridine rings is 1. The molecule has 0 saturated heterocycles. The van der Waals surface area contributed by atoms with E-state index in [0.717, 1.165) is 11.3 Å². The number of carbonyl (C=O) groups excluding carboxylic acids is 1. The number of methoxy groups -OCH3 is 3. The first-order chi connectivity index (χ1) is 12.0. The highest BCUT2D eigenvalue weighted by atomic mass is 16.5. The molecule has 1 unspecified atom stereocenters. The van der Waals surface area contributed by atoms with Crippen LogP contribution in [0.2, 0.25) is 0 Å². The molecule has 6 heteroatoms. The topological polar surface area (TPSA) is 60.9 Å². The van der Waals surface area contributed by atoms with E-state index < -0.39 is 0 Å². The number of amides is 1. The lowest BCUT2D eigenvalue weighted by Crippen LogP contribution is -2.31. The van der Waals surface area contributed by atoms with Gasteiger partial charge in [-0.2, -0.15) is 0 Å². The van der Waals surface area contributed by atoms with Crippen LogP contribution in [0.3, 0.4) is 0 Å². The molecule has 1 atom stereocenters. The maximum Gasteiger partial charge on any atom is 0.227 e. The quantitative estimate of drug-likeness (QED) is 0.773. The van der Waals surface area contributed by atoms with Gasteiger partial charge in [0, 0.05) is 13.2 Å². The van der Waals surface area contributed by atoms with Crippen LogP contribution < -0.4 is 14.2 Å². The lowest BCUT2D eigenvalue weighted by Gasteiger charge is -2.25. The number of aromatic nitrogens is 1. The maximum absolute atomic E-state index is 12.7. The highest BCUT2D eigenvalue weighted by molar-refractivity contribution is 5.79. The Labute approximate surface area is 148 Å². The first-order valence-corrected chi connectivity index (χ1v) is 7.97. The molecule has 1 amide bonds. The summed E-state index contributed by atoms with van der Waals surface area (Å²) in [6, 6.07) is 9.14. The van der Waals surface area contributed by atoms with Crippen LogP contribution in [-0.2, 0) is 11.2 Å². The fourth-order valence-electron chi connectivity index (χ4n) is 2.57. The SMILES string of the molecule is COc1cc(CC(=O)N(C)C(C)c2ccccn2)cc(OC)c1OC. The second-order valence-corrected chi connectivity index (χ2v) is 5.65. The molecule has 0 fully saturated rings. The molecule has 0 radical (unpaired) electrons. The van der Waals surface area contributed by atoms with Gasteiger partial charge in [0.1, 0.15) is 0 Å². The molecule has 0 aliphatic heterocycles. The summed E-state index contributed by atoms with van der Waals surface area (Å²) in [5.74, 6) is 1.55. The monoisotopic (exact) mass is 344 g/mol. The van der Waals surface area contributed by atoms with Gasteiger partial charge < -0.3 is 19.1 Å². The number of hydrogen-bond acceptors (Lipinski definition) is 5. The van der Waals surface area contributed by atoms with Gasteiger partial charge in [-0.15, -0.1) is 0 Å². The van der Waals surface area contributed by atoms with Gasteiger partial charge in [0.15, 0.2) is 11.5 Å². The van der Waals surface area contributed by atoms with Crippen molar-refractivity contribution in [1.29, 1.82) is 0 Å². The van der Waals surface area contributed by atoms with E-state index in [1.807, 2.05) is 25.1 Å². The van der Waals surface area contributed by atoms with E-state index in [0.29, 0.717) is 17.2 Å². The summed E-state index contributed by atoms with van der Waals surface area (Å²) < 4.78 is 16.0. The van der Waals surface area contributed by atoms with Crippen molar-refractivity contribution in [3.63, 3.8) is 0 Å². The van der Waals surface area contributed by atoms with E-state index in [1.54, 1.807) is 51.6 Å². The largest absolute Gasteiger partial charge is 0.493 e. The summed E-state index contributed by atoms with van der Waals surface area (Å²) in [7, 11) is 6.43. The molecular formula is C19H24N2O4. The molecule has 0 aliphatic carbocycles. The molecule has 2 rings (SSSR count). The Morgan fingerprint density at radius 3 is 2.24 bits per heavy atom. The summed E-state index contributed by atoms with van der Waals surface area (Å²) >= 11 is 0. The van der Waals surface area contributed by atoms with Crippen molar-refractivity contribution in [1.82, 2.24) is 9.88 Å². The Kier molecular flexibility index (Phi) is 6.22. The third-order valence-electron chi connectivity index (χ3n) is 4.17. The van der Waals surface area contributed by atoms with E-state index in [1.165, 1.54) is 0 Å². The van der Waals surface area contributed by atoms with Crippen molar-refractivity contribution in [2.75, 3.05) is 28.4 Å². The summed E-state index contributed by atoms with van der Waals surface area (Å²) in [6.07, 6.45) is 1.95. The van der Waals surface area contributed by atoms with Crippen LogP contribution in [-0.4, -0.2) is 44.2 Å². The van der Waals surface area contributed by atoms with Gasteiger partial charge in [-0.05, 0) is 36.8 Å². The normalized spacial score (nSPS) is 11.6. The van der Waals surface area contributed by atoms with Crippen LogP contribution in [0.4, 0.5) is 0 Å². The van der Waals surface area contributed by atoms with E-state index in [9.17, 15) is 4.79 Å². The molecule has 134 valence electrons. The van der Waals surface area contributed by atoms with E-state index in [2.05, 4.69) is 4.98 Å². The molecule has 2 aromatic rings. The minimum absolute atomic E-state index is 0.0209. The zero-order chi connectivity index (χ0) is 18.4. The lowest BCUT2D eigenvalue weighted by atomic mass is 10.1. The number of benzene rings is 1. The first kappa shape index (κ1) is 18.6. The minimum atomic E-state index is -0.115. The van der Waals surface area contributed by atoms with E-state index in [4.69, 9.17) is 14.2 Å². The van der Waals surface area contributed by atoms with Crippen LogP contribution >= 0.6 is 0 Å². The summed E-state index contributed by atoms with van der Waals surface area (Å²) in [4.78, 5) is 18.7. The molecule has 0 bridgehead atoms. The average molecular weight is 344 g/mol. The molecule has 1 heterocycles. The van der Waals surface area contributed by atoms with Crippen molar-refractivity contribution >= 4 is 5.91 Å². The average Bonchev–Trinajstić information content (AvgIpc) is 2.66. The van der Waals surface area contributed by atoms with Gasteiger partial charge in [0.05, 0.1) is 39.5 Å². The summed E-state index contributed by atoms with van der Waals surface area (Å²) in [6.45, 7) is 1.95. The molecule has 0 N–H and O–H groups in total. The van der Waals surface area contributed by atoms with Gasteiger partial charge in [-0.25, -0.2) is 0 Å². The van der Waals surface area contributed by atoms with Gasteiger partial charge in [0.25, 0.3) is 0 Å². The van der Waals surface area contributed by atoms with Crippen molar-refractivity contribution in [3.05, 3.63) is 47.8 Å². The molecule has 6 nitrogen and oxygen atoms in total. The second-order valence-electron chi connectivity index (χ2n) is 5.65.